The van der Waals surface area contributed by atoms with Crippen LogP contribution in [0.25, 0.3) is 0 Å². The highest BCUT2D eigenvalue weighted by atomic mass is 32.2. The van der Waals surface area contributed by atoms with Crippen molar-refractivity contribution in [2.24, 2.45) is 0 Å². The van der Waals surface area contributed by atoms with E-state index in [1.165, 1.54) is 0 Å². The monoisotopic (exact) mass is 173 g/mol. The number of hydrogen-bond acceptors (Lipinski definition) is 4. The largest absolute Gasteiger partial charge is 0.440 e. The van der Waals surface area contributed by atoms with Gasteiger partial charge in [0, 0.05) is 12.9 Å². The van der Waals surface area contributed by atoms with Crippen molar-refractivity contribution in [1.82, 2.24) is 4.98 Å². The number of hydrogen-bond donors (Lipinski definition) is 0. The van der Waals surface area contributed by atoms with Crippen LogP contribution in [0.1, 0.15) is 5.69 Å². The summed E-state index contributed by atoms with van der Waals surface area (Å²) >= 11 is 1.56. The Morgan fingerprint density at radius 1 is 1.73 bits per heavy atom. The maximum atomic E-state index is 5.11. The third kappa shape index (κ3) is 2.95. The number of methoxy groups -OCH3 is 1. The molecule has 0 unspecified atom stereocenters. The van der Waals surface area contributed by atoms with Crippen LogP contribution in [0.3, 0.4) is 0 Å². The van der Waals surface area contributed by atoms with Gasteiger partial charge in [0.25, 0.3) is 5.22 Å². The molecule has 0 fully saturated rings. The molecule has 0 bridgehead atoms. The summed E-state index contributed by atoms with van der Waals surface area (Å²) in [6.45, 7) is 2.63. The van der Waals surface area contributed by atoms with E-state index in [1.54, 1.807) is 25.1 Å². The van der Waals surface area contributed by atoms with Gasteiger partial charge in [-0.1, -0.05) is 11.8 Å². The SMILES string of the molecule is COCCSc1nc(C)co1. The maximum Gasteiger partial charge on any atom is 0.255 e. The van der Waals surface area contributed by atoms with Gasteiger partial charge in [0.15, 0.2) is 0 Å². The molecule has 0 saturated heterocycles. The summed E-state index contributed by atoms with van der Waals surface area (Å²) < 4.78 is 9.99. The second-order valence-corrected chi connectivity index (χ2v) is 3.14. The van der Waals surface area contributed by atoms with Gasteiger partial charge >= 0.3 is 0 Å². The van der Waals surface area contributed by atoms with Gasteiger partial charge in [0.2, 0.25) is 0 Å². The Hall–Kier alpha value is -0.480. The summed E-state index contributed by atoms with van der Waals surface area (Å²) in [7, 11) is 1.68. The lowest BCUT2D eigenvalue weighted by Crippen LogP contribution is -1.90. The number of oxazole rings is 1. The van der Waals surface area contributed by atoms with Crippen LogP contribution < -0.4 is 0 Å². The minimum absolute atomic E-state index is 0.722. The van der Waals surface area contributed by atoms with Crippen molar-refractivity contribution in [2.75, 3.05) is 19.5 Å². The normalized spacial score (nSPS) is 10.4. The van der Waals surface area contributed by atoms with Crippen LogP contribution in [0, 0.1) is 6.92 Å². The zero-order chi connectivity index (χ0) is 8.10. The number of ether oxygens (including phenoxy) is 1. The second-order valence-electron chi connectivity index (χ2n) is 2.10. The summed E-state index contributed by atoms with van der Waals surface area (Å²) in [5.41, 5.74) is 0.921. The van der Waals surface area contributed by atoms with Gasteiger partial charge < -0.3 is 9.15 Å². The molecular formula is C7H11NO2S. The first kappa shape index (κ1) is 8.62. The molecule has 1 aromatic rings. The first-order valence-electron chi connectivity index (χ1n) is 3.37. The first-order valence-corrected chi connectivity index (χ1v) is 4.35. The van der Waals surface area contributed by atoms with Gasteiger partial charge in [-0.3, -0.25) is 0 Å². The Bertz CT molecular complexity index is 212. The highest BCUT2D eigenvalue weighted by molar-refractivity contribution is 7.99. The topological polar surface area (TPSA) is 35.3 Å². The molecule has 0 spiro atoms. The molecule has 0 amide bonds. The second kappa shape index (κ2) is 4.41. The maximum absolute atomic E-state index is 5.11. The molecule has 1 rings (SSSR count). The van der Waals surface area contributed by atoms with Crippen LogP contribution in [0.2, 0.25) is 0 Å². The van der Waals surface area contributed by atoms with Crippen molar-refractivity contribution in [2.45, 2.75) is 12.1 Å². The molecule has 0 aliphatic heterocycles. The van der Waals surface area contributed by atoms with Crippen LogP contribution in [-0.2, 0) is 4.74 Å². The minimum Gasteiger partial charge on any atom is -0.440 e. The van der Waals surface area contributed by atoms with Crippen molar-refractivity contribution in [3.63, 3.8) is 0 Å². The van der Waals surface area contributed by atoms with Gasteiger partial charge in [0.05, 0.1) is 12.3 Å². The number of thioether (sulfide) groups is 1. The quantitative estimate of drug-likeness (QED) is 0.513. The fourth-order valence-corrected chi connectivity index (χ4v) is 1.36. The molecule has 0 radical (unpaired) electrons. The number of aromatic nitrogens is 1. The van der Waals surface area contributed by atoms with E-state index in [9.17, 15) is 0 Å². The molecule has 62 valence electrons. The van der Waals surface area contributed by atoms with E-state index in [2.05, 4.69) is 4.98 Å². The average Bonchev–Trinajstić information content (AvgIpc) is 2.37. The van der Waals surface area contributed by atoms with Crippen molar-refractivity contribution >= 4 is 11.8 Å². The molecule has 11 heavy (non-hydrogen) atoms. The van der Waals surface area contributed by atoms with Crippen LogP contribution in [0.5, 0.6) is 0 Å². The average molecular weight is 173 g/mol. The third-order valence-electron chi connectivity index (χ3n) is 1.11. The van der Waals surface area contributed by atoms with Crippen LogP contribution >= 0.6 is 11.8 Å². The molecule has 1 heterocycles. The van der Waals surface area contributed by atoms with Crippen molar-refractivity contribution in [1.29, 1.82) is 0 Å². The Morgan fingerprint density at radius 2 is 2.55 bits per heavy atom. The van der Waals surface area contributed by atoms with Gasteiger partial charge in [-0.2, -0.15) is 0 Å². The van der Waals surface area contributed by atoms with Crippen molar-refractivity contribution < 1.29 is 9.15 Å². The predicted octanol–water partition coefficient (Wildman–Crippen LogP) is 1.72. The summed E-state index contributed by atoms with van der Waals surface area (Å²) in [6.07, 6.45) is 1.65. The summed E-state index contributed by atoms with van der Waals surface area (Å²) in [5.74, 6) is 0.885. The van der Waals surface area contributed by atoms with E-state index in [0.29, 0.717) is 0 Å². The lowest BCUT2D eigenvalue weighted by atomic mass is 10.6. The van der Waals surface area contributed by atoms with E-state index >= 15 is 0 Å². The molecule has 1 aromatic heterocycles. The molecule has 0 aliphatic carbocycles. The van der Waals surface area contributed by atoms with Crippen molar-refractivity contribution in [3.05, 3.63) is 12.0 Å². The number of aryl methyl sites for hydroxylation is 1. The van der Waals surface area contributed by atoms with E-state index < -0.39 is 0 Å². The molecule has 0 atom stereocenters. The van der Waals surface area contributed by atoms with Gasteiger partial charge in [-0.25, -0.2) is 4.98 Å². The van der Waals surface area contributed by atoms with Gasteiger partial charge in [0.1, 0.15) is 6.26 Å². The van der Waals surface area contributed by atoms with Gasteiger partial charge in [-0.15, -0.1) is 0 Å². The fourth-order valence-electron chi connectivity index (χ4n) is 0.611. The highest BCUT2D eigenvalue weighted by Gasteiger charge is 1.99. The highest BCUT2D eigenvalue weighted by Crippen LogP contribution is 2.15. The van der Waals surface area contributed by atoms with Crippen LogP contribution in [-0.4, -0.2) is 24.5 Å². The zero-order valence-corrected chi connectivity index (χ0v) is 7.48. The number of nitrogens with zero attached hydrogens (tertiary/aromatic N) is 1. The molecule has 0 saturated carbocycles. The Labute approximate surface area is 70.1 Å². The molecule has 0 aliphatic rings. The number of rotatable bonds is 4. The first-order chi connectivity index (χ1) is 5.33. The molecule has 3 nitrogen and oxygen atoms in total. The Kier molecular flexibility index (Phi) is 3.45. The molecule has 4 heteroatoms. The molecule has 0 N–H and O–H groups in total. The van der Waals surface area contributed by atoms with E-state index in [1.807, 2.05) is 6.92 Å². The summed E-state index contributed by atoms with van der Waals surface area (Å²) in [4.78, 5) is 4.12. The van der Waals surface area contributed by atoms with Crippen molar-refractivity contribution in [3.8, 4) is 0 Å². The zero-order valence-electron chi connectivity index (χ0n) is 6.66. The van der Waals surface area contributed by atoms with Gasteiger partial charge in [-0.05, 0) is 6.92 Å². The molecular weight excluding hydrogens is 162 g/mol. The lowest BCUT2D eigenvalue weighted by molar-refractivity contribution is 0.218. The molecule has 0 aromatic carbocycles. The minimum atomic E-state index is 0.722. The Balaban J connectivity index is 2.27. The smallest absolute Gasteiger partial charge is 0.255 e. The van der Waals surface area contributed by atoms with Crippen LogP contribution in [0.15, 0.2) is 15.9 Å². The summed E-state index contributed by atoms with van der Waals surface area (Å²) in [5, 5.41) is 0.722. The Morgan fingerprint density at radius 3 is 3.09 bits per heavy atom. The fraction of sp³-hybridized carbons (Fsp3) is 0.571. The van der Waals surface area contributed by atoms with E-state index in [4.69, 9.17) is 9.15 Å². The van der Waals surface area contributed by atoms with E-state index in [-0.39, 0.29) is 0 Å². The van der Waals surface area contributed by atoms with Crippen LogP contribution in [0.4, 0.5) is 0 Å². The predicted molar refractivity (Wildman–Crippen MR) is 43.8 cm³/mol. The standard InChI is InChI=1S/C7H11NO2S/c1-6-5-10-7(8-6)11-4-3-9-2/h5H,3-4H2,1-2H3. The summed E-state index contributed by atoms with van der Waals surface area (Å²) in [6, 6.07) is 0. The lowest BCUT2D eigenvalue weighted by Gasteiger charge is -1.93. The van der Waals surface area contributed by atoms with E-state index in [0.717, 1.165) is 23.3 Å². The third-order valence-corrected chi connectivity index (χ3v) is 1.92.